The lowest BCUT2D eigenvalue weighted by Crippen LogP contribution is -2.33. The first-order chi connectivity index (χ1) is 21.0. The van der Waals surface area contributed by atoms with E-state index in [1.165, 1.54) is 19.3 Å². The molecule has 1 N–H and O–H groups in total. The Balaban J connectivity index is 1.22. The number of aromatic amines is 1. The fourth-order valence-electron chi connectivity index (χ4n) is 6.68. The van der Waals surface area contributed by atoms with E-state index < -0.39 is 5.60 Å². The molecule has 220 valence electrons. The van der Waals surface area contributed by atoms with Crippen molar-refractivity contribution < 1.29 is 4.84 Å². The highest BCUT2D eigenvalue weighted by molar-refractivity contribution is 5.80. The Morgan fingerprint density at radius 2 is 1.88 bits per heavy atom. The van der Waals surface area contributed by atoms with E-state index in [0.29, 0.717) is 23.8 Å². The maximum absolute atomic E-state index is 14.2. The van der Waals surface area contributed by atoms with Crippen molar-refractivity contribution in [2.75, 3.05) is 6.54 Å². The molecule has 0 saturated carbocycles. The summed E-state index contributed by atoms with van der Waals surface area (Å²) in [6.45, 7) is 5.76. The van der Waals surface area contributed by atoms with Gasteiger partial charge >= 0.3 is 0 Å². The molecular weight excluding hydrogens is 538 g/mol. The van der Waals surface area contributed by atoms with Crippen LogP contribution in [0.4, 0.5) is 0 Å². The van der Waals surface area contributed by atoms with Gasteiger partial charge in [0.2, 0.25) is 5.82 Å². The molecular formula is C34H37N7O2. The van der Waals surface area contributed by atoms with Crippen molar-refractivity contribution in [2.45, 2.75) is 77.0 Å². The molecule has 0 bridgehead atoms. The van der Waals surface area contributed by atoms with Gasteiger partial charge in [-0.25, -0.2) is 4.98 Å². The van der Waals surface area contributed by atoms with Crippen LogP contribution in [0.3, 0.4) is 0 Å². The van der Waals surface area contributed by atoms with Crippen molar-refractivity contribution in [2.24, 2.45) is 0 Å². The van der Waals surface area contributed by atoms with Crippen LogP contribution in [-0.2, 0) is 23.4 Å². The number of unbranched alkanes of at least 4 members (excludes halogenated alkanes) is 1. The van der Waals surface area contributed by atoms with Crippen LogP contribution >= 0.6 is 0 Å². The second-order valence-corrected chi connectivity index (χ2v) is 12.0. The normalized spacial score (nSPS) is 20.5. The number of rotatable bonds is 8. The SMILES string of the molecule is CCCCc1nc2ccc([C@@]3(C)C[C@H]4CCCCN4O3)cc2c(=O)n1Cc1ccc(-c2ccccc2-c2nn[nH]n2)cc1. The van der Waals surface area contributed by atoms with Crippen molar-refractivity contribution in [3.05, 3.63) is 94.0 Å². The van der Waals surface area contributed by atoms with Crippen molar-refractivity contribution >= 4 is 10.9 Å². The minimum Gasteiger partial charge on any atom is -0.292 e. The fraction of sp³-hybridized carbons (Fsp3) is 0.382. The van der Waals surface area contributed by atoms with Gasteiger partial charge in [0.15, 0.2) is 0 Å². The van der Waals surface area contributed by atoms with E-state index in [-0.39, 0.29) is 5.56 Å². The van der Waals surface area contributed by atoms with Crippen LogP contribution in [0.5, 0.6) is 0 Å². The number of hydroxylamine groups is 2. The molecule has 2 fully saturated rings. The van der Waals surface area contributed by atoms with Crippen molar-refractivity contribution in [3.8, 4) is 22.5 Å². The molecule has 4 heterocycles. The Kier molecular flexibility index (Phi) is 7.36. The third-order valence-electron chi connectivity index (χ3n) is 9.03. The Bertz CT molecular complexity index is 1780. The highest BCUT2D eigenvalue weighted by Crippen LogP contribution is 2.43. The van der Waals surface area contributed by atoms with E-state index in [9.17, 15) is 4.79 Å². The Morgan fingerprint density at radius 3 is 2.65 bits per heavy atom. The van der Waals surface area contributed by atoms with Gasteiger partial charge in [-0.1, -0.05) is 74.4 Å². The zero-order valence-corrected chi connectivity index (χ0v) is 24.8. The predicted octanol–water partition coefficient (Wildman–Crippen LogP) is 6.04. The second-order valence-electron chi connectivity index (χ2n) is 12.0. The molecule has 2 saturated heterocycles. The third kappa shape index (κ3) is 5.28. The molecule has 43 heavy (non-hydrogen) atoms. The smallest absolute Gasteiger partial charge is 0.261 e. The molecule has 0 spiro atoms. The van der Waals surface area contributed by atoms with Crippen LogP contribution in [0.15, 0.2) is 71.5 Å². The molecule has 7 rings (SSSR count). The maximum atomic E-state index is 14.2. The lowest BCUT2D eigenvalue weighted by atomic mass is 9.87. The number of nitrogens with zero attached hydrogens (tertiary/aromatic N) is 6. The summed E-state index contributed by atoms with van der Waals surface area (Å²) in [6, 6.07) is 23.0. The van der Waals surface area contributed by atoms with Gasteiger partial charge in [0.25, 0.3) is 5.56 Å². The quantitative estimate of drug-likeness (QED) is 0.241. The number of aromatic nitrogens is 6. The average Bonchev–Trinajstić information content (AvgIpc) is 3.70. The Morgan fingerprint density at radius 1 is 1.05 bits per heavy atom. The maximum Gasteiger partial charge on any atom is 0.261 e. The largest absolute Gasteiger partial charge is 0.292 e. The summed E-state index contributed by atoms with van der Waals surface area (Å²) in [7, 11) is 0. The van der Waals surface area contributed by atoms with Gasteiger partial charge in [0.05, 0.1) is 17.4 Å². The van der Waals surface area contributed by atoms with Crippen LogP contribution in [0.2, 0.25) is 0 Å². The molecule has 2 atom stereocenters. The van der Waals surface area contributed by atoms with Gasteiger partial charge < -0.3 is 0 Å². The number of fused-ring (bicyclic) bond motifs is 2. The molecule has 0 radical (unpaired) electrons. The highest BCUT2D eigenvalue weighted by atomic mass is 16.7. The summed E-state index contributed by atoms with van der Waals surface area (Å²) < 4.78 is 1.87. The molecule has 0 amide bonds. The molecule has 0 unspecified atom stereocenters. The monoisotopic (exact) mass is 575 g/mol. The van der Waals surface area contributed by atoms with E-state index in [1.54, 1.807) is 0 Å². The number of benzene rings is 3. The standard InChI is InChI=1S/C34H37N7O2/c1-3-4-12-31-35-30-18-17-25(34(2)21-26-9-7-8-19-41(26)43-34)20-29(30)33(42)40(31)22-23-13-15-24(16-14-23)27-10-5-6-11-28(27)32-36-38-39-37-32/h5-6,10-11,13-18,20,26H,3-4,7-9,12,19,21-22H2,1-2H3,(H,36,37,38,39)/t26-,34-/m1/s1. The minimum absolute atomic E-state index is 0.00352. The topological polar surface area (TPSA) is 102 Å². The first-order valence-electron chi connectivity index (χ1n) is 15.4. The molecule has 2 aromatic heterocycles. The number of hydrogen-bond acceptors (Lipinski definition) is 7. The lowest BCUT2D eigenvalue weighted by molar-refractivity contribution is -0.209. The summed E-state index contributed by atoms with van der Waals surface area (Å²) in [5.41, 5.74) is 5.39. The van der Waals surface area contributed by atoms with Crippen LogP contribution in [-0.4, -0.2) is 47.8 Å². The summed E-state index contributed by atoms with van der Waals surface area (Å²) in [6.07, 6.45) is 7.30. The van der Waals surface area contributed by atoms with E-state index in [0.717, 1.165) is 71.4 Å². The zero-order chi connectivity index (χ0) is 29.4. The third-order valence-corrected chi connectivity index (χ3v) is 9.03. The summed E-state index contributed by atoms with van der Waals surface area (Å²) >= 11 is 0. The number of tetrazole rings is 1. The number of hydrogen-bond donors (Lipinski definition) is 1. The Hall–Kier alpha value is -4.21. The van der Waals surface area contributed by atoms with Gasteiger partial charge in [-0.05, 0) is 65.8 Å². The van der Waals surface area contributed by atoms with Crippen LogP contribution in [0.25, 0.3) is 33.4 Å². The van der Waals surface area contributed by atoms with Crippen LogP contribution < -0.4 is 5.56 Å². The minimum atomic E-state index is -0.436. The van der Waals surface area contributed by atoms with Gasteiger partial charge in [0.1, 0.15) is 11.4 Å². The van der Waals surface area contributed by atoms with Crippen molar-refractivity contribution in [1.82, 2.24) is 35.2 Å². The van der Waals surface area contributed by atoms with E-state index in [2.05, 4.69) is 75.9 Å². The van der Waals surface area contributed by atoms with Crippen LogP contribution in [0, 0.1) is 0 Å². The van der Waals surface area contributed by atoms with Crippen molar-refractivity contribution in [3.63, 3.8) is 0 Å². The number of nitrogens with one attached hydrogen (secondary N) is 1. The molecule has 2 aliphatic rings. The number of aryl methyl sites for hydroxylation is 1. The van der Waals surface area contributed by atoms with Gasteiger partial charge in [-0.3, -0.25) is 14.2 Å². The molecule has 0 aliphatic carbocycles. The summed E-state index contributed by atoms with van der Waals surface area (Å²) in [4.78, 5) is 25.7. The summed E-state index contributed by atoms with van der Waals surface area (Å²) in [5, 5.41) is 17.4. The second kappa shape index (κ2) is 11.5. The number of piperidine rings is 1. The van der Waals surface area contributed by atoms with Gasteiger partial charge in [-0.2, -0.15) is 10.3 Å². The Labute approximate surface area is 250 Å². The zero-order valence-electron chi connectivity index (χ0n) is 24.8. The number of H-pyrrole nitrogens is 1. The van der Waals surface area contributed by atoms with Crippen molar-refractivity contribution in [1.29, 1.82) is 0 Å². The van der Waals surface area contributed by atoms with Gasteiger partial charge in [0, 0.05) is 31.0 Å². The molecule has 9 nitrogen and oxygen atoms in total. The highest BCUT2D eigenvalue weighted by Gasteiger charge is 2.44. The molecule has 2 aliphatic heterocycles. The molecule has 3 aromatic carbocycles. The molecule has 5 aromatic rings. The van der Waals surface area contributed by atoms with E-state index >= 15 is 0 Å². The average molecular weight is 576 g/mol. The summed E-state index contributed by atoms with van der Waals surface area (Å²) in [5.74, 6) is 1.39. The first kappa shape index (κ1) is 27.6. The molecule has 9 heteroatoms. The van der Waals surface area contributed by atoms with Crippen LogP contribution in [0.1, 0.15) is 69.3 Å². The van der Waals surface area contributed by atoms with E-state index in [4.69, 9.17) is 9.82 Å². The fourth-order valence-corrected chi connectivity index (χ4v) is 6.68. The lowest BCUT2D eigenvalue weighted by Gasteiger charge is -2.28. The van der Waals surface area contributed by atoms with E-state index in [1.807, 2.05) is 34.9 Å². The van der Waals surface area contributed by atoms with Gasteiger partial charge in [-0.15, -0.1) is 10.2 Å². The predicted molar refractivity (Wildman–Crippen MR) is 166 cm³/mol. The first-order valence-corrected chi connectivity index (χ1v) is 15.4.